The molecule has 5 heterocycles. The van der Waals surface area contributed by atoms with Crippen molar-refractivity contribution in [1.29, 1.82) is 0 Å². The van der Waals surface area contributed by atoms with Crippen molar-refractivity contribution in [3.05, 3.63) is 12.2 Å². The summed E-state index contributed by atoms with van der Waals surface area (Å²) < 4.78 is 62.4. The topological polar surface area (TPSA) is 335 Å². The van der Waals surface area contributed by atoms with Crippen LogP contribution in [0.1, 0.15) is 92.4 Å². The fourth-order valence-electron chi connectivity index (χ4n) is 15.5. The monoisotopic (exact) mass is 1050 g/mol. The van der Waals surface area contributed by atoms with E-state index in [-0.39, 0.29) is 60.7 Å². The number of methoxy groups -OCH3 is 1. The minimum atomic E-state index is -1.76. The van der Waals surface area contributed by atoms with Gasteiger partial charge in [-0.2, -0.15) is 0 Å². The Kier molecular flexibility index (Phi) is 16.9. The summed E-state index contributed by atoms with van der Waals surface area (Å²) >= 11 is 0. The molecule has 9 fully saturated rings. The highest BCUT2D eigenvalue weighted by Crippen LogP contribution is 2.71. The maximum atomic E-state index is 11.7. The van der Waals surface area contributed by atoms with Gasteiger partial charge in [-0.05, 0) is 99.2 Å². The van der Waals surface area contributed by atoms with Gasteiger partial charge < -0.3 is 109 Å². The van der Waals surface area contributed by atoms with Crippen LogP contribution in [-0.4, -0.2) is 229 Å². The van der Waals surface area contributed by atoms with E-state index in [4.69, 9.17) is 47.4 Å². The molecule has 0 spiro atoms. The van der Waals surface area contributed by atoms with Crippen molar-refractivity contribution >= 4 is 0 Å². The molecule has 5 aliphatic heterocycles. The Morgan fingerprint density at radius 1 is 0.658 bits per heavy atom. The van der Waals surface area contributed by atoms with Crippen molar-refractivity contribution in [2.45, 2.75) is 233 Å². The number of hydrogen-bond donors (Lipinski definition) is 12. The summed E-state index contributed by atoms with van der Waals surface area (Å²) in [7, 11) is 1.67. The van der Waals surface area contributed by atoms with Crippen LogP contribution in [0, 0.1) is 46.3 Å². The normalized spacial score (nSPS) is 56.1. The number of rotatable bonds is 14. The number of aliphatic hydroxyl groups excluding tert-OH is 12. The molecule has 9 rings (SSSR count). The molecule has 9 aliphatic rings. The van der Waals surface area contributed by atoms with E-state index < -0.39 is 147 Å². The molecule has 12 N–H and O–H groups in total. The van der Waals surface area contributed by atoms with E-state index in [1.165, 1.54) is 6.92 Å². The Labute approximate surface area is 426 Å². The van der Waals surface area contributed by atoms with E-state index in [1.807, 2.05) is 0 Å². The molecular formula is C51H84O22. The zero-order valence-corrected chi connectivity index (χ0v) is 42.8. The Balaban J connectivity index is 0.919. The number of fused-ring (bicyclic) bond motifs is 7. The third-order valence-corrected chi connectivity index (χ3v) is 19.7. The van der Waals surface area contributed by atoms with Crippen molar-refractivity contribution in [2.75, 3.05) is 26.9 Å². The zero-order chi connectivity index (χ0) is 52.8. The summed E-state index contributed by atoms with van der Waals surface area (Å²) in [4.78, 5) is 0. The molecule has 4 saturated carbocycles. The van der Waals surface area contributed by atoms with Crippen LogP contribution in [0.25, 0.3) is 0 Å². The zero-order valence-electron chi connectivity index (χ0n) is 42.8. The molecule has 22 nitrogen and oxygen atoms in total. The maximum absolute atomic E-state index is 11.7. The number of ether oxygens (including phenoxy) is 10. The second kappa shape index (κ2) is 21.8. The van der Waals surface area contributed by atoms with Gasteiger partial charge >= 0.3 is 0 Å². The second-order valence-corrected chi connectivity index (χ2v) is 23.6. The predicted octanol–water partition coefficient (Wildman–Crippen LogP) is -1.72. The average molecular weight is 1050 g/mol. The minimum absolute atomic E-state index is 0.00131. The van der Waals surface area contributed by atoms with Crippen molar-refractivity contribution in [1.82, 2.24) is 0 Å². The summed E-state index contributed by atoms with van der Waals surface area (Å²) in [5, 5.41) is 128. The lowest BCUT2D eigenvalue weighted by Gasteiger charge is -2.63. The van der Waals surface area contributed by atoms with Crippen LogP contribution in [0.3, 0.4) is 0 Å². The fraction of sp³-hybridized carbons (Fsp3) is 0.961. The largest absolute Gasteiger partial charge is 0.394 e. The van der Waals surface area contributed by atoms with E-state index in [2.05, 4.69) is 27.4 Å². The predicted molar refractivity (Wildman–Crippen MR) is 249 cm³/mol. The first kappa shape index (κ1) is 56.6. The van der Waals surface area contributed by atoms with Crippen LogP contribution in [0.2, 0.25) is 0 Å². The molecule has 4 aliphatic carbocycles. The minimum Gasteiger partial charge on any atom is -0.394 e. The summed E-state index contributed by atoms with van der Waals surface area (Å²) in [5.74, 6) is 0.0777. The van der Waals surface area contributed by atoms with Gasteiger partial charge in [-0.1, -0.05) is 32.9 Å². The van der Waals surface area contributed by atoms with Crippen LogP contribution in [0.15, 0.2) is 12.2 Å². The van der Waals surface area contributed by atoms with Gasteiger partial charge in [0, 0.05) is 25.9 Å². The average Bonchev–Trinajstić information content (AvgIpc) is 3.82. The van der Waals surface area contributed by atoms with E-state index in [0.717, 1.165) is 32.1 Å². The quantitative estimate of drug-likeness (QED) is 0.0862. The van der Waals surface area contributed by atoms with E-state index in [0.29, 0.717) is 30.8 Å². The molecule has 0 aromatic heterocycles. The third-order valence-electron chi connectivity index (χ3n) is 19.7. The van der Waals surface area contributed by atoms with Gasteiger partial charge in [-0.15, -0.1) is 0 Å². The van der Waals surface area contributed by atoms with Crippen LogP contribution in [0.4, 0.5) is 0 Å². The summed E-state index contributed by atoms with van der Waals surface area (Å²) in [6.07, 6.45) is -22.5. The van der Waals surface area contributed by atoms with Gasteiger partial charge in [-0.3, -0.25) is 0 Å². The second-order valence-electron chi connectivity index (χ2n) is 23.6. The first-order valence-corrected chi connectivity index (χ1v) is 26.6. The SMILES string of the molecule is C=C(CCC1(OC)O[C@H]2C[C@H]3[C@@H]4CC[C@H]5C[C@@H](O)C[C@@H](O[C@@H]6O[C@H](C)[C@H](O)[C@H](O[C@@H]7OC[C@@H](O)[C@H](O)[C@H]7O)[C@H]6O[C@@H]6O[C@@H](C)[C@H](O)[C@@H](O)[C@H]6O)[C@]5(C)[C@H]4CC[C@]3(C)[C@H]2[C@@H]1C)CO[C@@H]1O[C@H](CO)[C@@H](O)[C@H](O)[C@H]1O. The first-order valence-electron chi connectivity index (χ1n) is 26.6. The van der Waals surface area contributed by atoms with E-state index in [1.54, 1.807) is 14.0 Å². The Morgan fingerprint density at radius 3 is 2.03 bits per heavy atom. The lowest BCUT2D eigenvalue weighted by atomic mass is 9.43. The fourth-order valence-corrected chi connectivity index (χ4v) is 15.5. The van der Waals surface area contributed by atoms with Crippen molar-refractivity contribution in [2.24, 2.45) is 46.3 Å². The Hall–Kier alpha value is -1.14. The maximum Gasteiger partial charge on any atom is 0.187 e. The summed E-state index contributed by atoms with van der Waals surface area (Å²) in [5.41, 5.74) is 0.0841. The standard InChI is InChI=1S/C51H84O22/c1-20(18-65-45-41(62)39(60)37(58)31(17-52)69-45)10-13-51(64-7)21(2)33-30(73-51)16-28-26-9-8-24-14-25(53)15-32(50(24,6)27(26)11-12-49(28,33)5)70-48-44(72-47-42(63)38(59)34(55)22(3)67-47)43(35(56)23(4)68-48)71-46-40(61)36(57)29(54)19-66-46/h21-48,52-63H,1,8-19H2,2-7H3/t21-,22-,23+,24-,25+,26+,27-,28-,29+,30-,31+,32+,33-,34-,35-,36-,37+,38+,39-,40+,41+,42+,43-,44+,45+,46-,47-,48-,49-,50-,51?/m0/s1. The Bertz CT molecular complexity index is 1880. The van der Waals surface area contributed by atoms with Gasteiger partial charge in [0.05, 0.1) is 50.3 Å². The number of hydrogen-bond acceptors (Lipinski definition) is 22. The molecule has 31 atom stereocenters. The van der Waals surface area contributed by atoms with Crippen LogP contribution >= 0.6 is 0 Å². The Morgan fingerprint density at radius 2 is 1.32 bits per heavy atom. The highest BCUT2D eigenvalue weighted by atomic mass is 16.8. The molecule has 0 radical (unpaired) electrons. The van der Waals surface area contributed by atoms with Gasteiger partial charge in [0.1, 0.15) is 79.4 Å². The van der Waals surface area contributed by atoms with Crippen molar-refractivity contribution in [3.8, 4) is 0 Å². The lowest BCUT2D eigenvalue weighted by Crippen LogP contribution is -2.67. The van der Waals surface area contributed by atoms with E-state index >= 15 is 0 Å². The molecule has 0 amide bonds. The first-order chi connectivity index (χ1) is 34.5. The van der Waals surface area contributed by atoms with Gasteiger partial charge in [0.15, 0.2) is 30.9 Å². The molecule has 0 bridgehead atoms. The van der Waals surface area contributed by atoms with Crippen molar-refractivity contribution in [3.63, 3.8) is 0 Å². The lowest BCUT2D eigenvalue weighted by molar-refractivity contribution is -0.393. The van der Waals surface area contributed by atoms with Crippen molar-refractivity contribution < 1.29 is 109 Å². The molecule has 73 heavy (non-hydrogen) atoms. The molecule has 5 saturated heterocycles. The van der Waals surface area contributed by atoms with Gasteiger partial charge in [0.2, 0.25) is 0 Å². The smallest absolute Gasteiger partial charge is 0.187 e. The molecule has 0 aromatic rings. The highest BCUT2D eigenvalue weighted by molar-refractivity contribution is 5.17. The molecular weight excluding hydrogens is 965 g/mol. The van der Waals surface area contributed by atoms with Gasteiger partial charge in [-0.25, -0.2) is 0 Å². The summed E-state index contributed by atoms with van der Waals surface area (Å²) in [6.45, 7) is 13.2. The summed E-state index contributed by atoms with van der Waals surface area (Å²) in [6, 6.07) is 0. The molecule has 22 heteroatoms. The van der Waals surface area contributed by atoms with Crippen LogP contribution in [0.5, 0.6) is 0 Å². The van der Waals surface area contributed by atoms with Crippen LogP contribution in [-0.2, 0) is 47.4 Å². The van der Waals surface area contributed by atoms with E-state index in [9.17, 15) is 61.3 Å². The molecule has 420 valence electrons. The molecule has 1 unspecified atom stereocenters. The number of aliphatic hydroxyl groups is 12. The van der Waals surface area contributed by atoms with Gasteiger partial charge in [0.25, 0.3) is 0 Å². The highest BCUT2D eigenvalue weighted by Gasteiger charge is 2.70. The van der Waals surface area contributed by atoms with Crippen LogP contribution < -0.4 is 0 Å². The third kappa shape index (κ3) is 9.94. The molecule has 0 aromatic carbocycles.